The quantitative estimate of drug-likeness (QED) is 0.638. The van der Waals surface area contributed by atoms with E-state index in [1.54, 1.807) is 11.1 Å². The van der Waals surface area contributed by atoms with Gasteiger partial charge in [-0.1, -0.05) is 11.1 Å². The van der Waals surface area contributed by atoms with Crippen molar-refractivity contribution in [3.05, 3.63) is 11.1 Å². The molecule has 16 heavy (non-hydrogen) atoms. The summed E-state index contributed by atoms with van der Waals surface area (Å²) in [5.74, 6) is 0. The topological polar surface area (TPSA) is 35.2 Å². The van der Waals surface area contributed by atoms with Gasteiger partial charge in [0.1, 0.15) is 0 Å². The summed E-state index contributed by atoms with van der Waals surface area (Å²) in [6, 6.07) is 0.460. The van der Waals surface area contributed by atoms with Gasteiger partial charge in [0.15, 0.2) is 0 Å². The molecule has 0 aromatic rings. The van der Waals surface area contributed by atoms with Crippen LogP contribution in [0.1, 0.15) is 57.8 Å². The Morgan fingerprint density at radius 1 is 1.06 bits per heavy atom. The van der Waals surface area contributed by atoms with Crippen molar-refractivity contribution in [3.8, 4) is 0 Å². The van der Waals surface area contributed by atoms with E-state index >= 15 is 0 Å². The number of rotatable bonds is 0. The molecule has 0 unspecified atom stereocenters. The average Bonchev–Trinajstić information content (AvgIpc) is 2.28. The maximum absolute atomic E-state index is 5.98. The summed E-state index contributed by atoms with van der Waals surface area (Å²) < 4.78 is 5.98. The van der Waals surface area contributed by atoms with E-state index in [9.17, 15) is 0 Å². The Hall–Kier alpha value is -0.340. The summed E-state index contributed by atoms with van der Waals surface area (Å²) in [7, 11) is 0. The zero-order valence-corrected chi connectivity index (χ0v) is 10.1. The molecule has 0 bridgehead atoms. The zero-order chi connectivity index (χ0) is 11.0. The van der Waals surface area contributed by atoms with E-state index in [0.29, 0.717) is 6.04 Å². The standard InChI is InChI=1S/C14H23NO/c15-13-4-2-11(3-5-13)12-6-9-16-14(10-12)7-1-8-14/h13H,1-10,15H2. The van der Waals surface area contributed by atoms with Crippen molar-refractivity contribution in [2.45, 2.75) is 69.4 Å². The molecule has 90 valence electrons. The summed E-state index contributed by atoms with van der Waals surface area (Å²) in [6.45, 7) is 0.963. The van der Waals surface area contributed by atoms with Gasteiger partial charge in [-0.15, -0.1) is 0 Å². The minimum atomic E-state index is 0.278. The molecular weight excluding hydrogens is 198 g/mol. The highest BCUT2D eigenvalue weighted by Gasteiger charge is 2.41. The van der Waals surface area contributed by atoms with E-state index in [-0.39, 0.29) is 5.60 Å². The zero-order valence-electron chi connectivity index (χ0n) is 10.1. The minimum absolute atomic E-state index is 0.278. The van der Waals surface area contributed by atoms with Crippen molar-refractivity contribution in [2.24, 2.45) is 5.73 Å². The lowest BCUT2D eigenvalue weighted by atomic mass is 9.72. The Bertz CT molecular complexity index is 294. The maximum Gasteiger partial charge on any atom is 0.0719 e. The molecule has 1 aliphatic heterocycles. The normalized spacial score (nSPS) is 33.9. The van der Waals surface area contributed by atoms with Gasteiger partial charge >= 0.3 is 0 Å². The van der Waals surface area contributed by atoms with E-state index in [1.807, 2.05) is 0 Å². The van der Waals surface area contributed by atoms with Gasteiger partial charge in [-0.2, -0.15) is 0 Å². The van der Waals surface area contributed by atoms with Gasteiger partial charge in [0.05, 0.1) is 12.2 Å². The highest BCUT2D eigenvalue weighted by atomic mass is 16.5. The van der Waals surface area contributed by atoms with Crippen molar-refractivity contribution in [2.75, 3.05) is 6.61 Å². The van der Waals surface area contributed by atoms with Crippen LogP contribution in [0, 0.1) is 0 Å². The summed E-state index contributed by atoms with van der Waals surface area (Å²) in [4.78, 5) is 0. The van der Waals surface area contributed by atoms with Crippen LogP contribution in [0.15, 0.2) is 11.1 Å². The molecule has 1 saturated heterocycles. The van der Waals surface area contributed by atoms with E-state index in [1.165, 1.54) is 57.8 Å². The van der Waals surface area contributed by atoms with Crippen LogP contribution in [0.2, 0.25) is 0 Å². The molecule has 0 aromatic heterocycles. The van der Waals surface area contributed by atoms with Crippen molar-refractivity contribution in [1.29, 1.82) is 0 Å². The summed E-state index contributed by atoms with van der Waals surface area (Å²) in [5.41, 5.74) is 9.71. The fraction of sp³-hybridized carbons (Fsp3) is 0.857. The van der Waals surface area contributed by atoms with Crippen LogP contribution in [-0.4, -0.2) is 18.2 Å². The predicted molar refractivity (Wildman–Crippen MR) is 65.2 cm³/mol. The van der Waals surface area contributed by atoms with E-state index in [0.717, 1.165) is 6.61 Å². The van der Waals surface area contributed by atoms with Crippen molar-refractivity contribution < 1.29 is 4.74 Å². The number of ether oxygens (including phenoxy) is 1. The third kappa shape index (κ3) is 1.93. The highest BCUT2D eigenvalue weighted by molar-refractivity contribution is 5.21. The molecule has 2 heteroatoms. The monoisotopic (exact) mass is 221 g/mol. The van der Waals surface area contributed by atoms with Gasteiger partial charge in [-0.05, 0) is 57.8 Å². The van der Waals surface area contributed by atoms with Crippen LogP contribution in [0.25, 0.3) is 0 Å². The molecule has 1 heterocycles. The van der Waals surface area contributed by atoms with Crippen LogP contribution in [-0.2, 0) is 4.74 Å². The van der Waals surface area contributed by atoms with Crippen LogP contribution in [0.3, 0.4) is 0 Å². The molecule has 0 aromatic carbocycles. The third-order valence-electron chi connectivity index (χ3n) is 4.75. The smallest absolute Gasteiger partial charge is 0.0719 e. The van der Waals surface area contributed by atoms with Crippen LogP contribution >= 0.6 is 0 Å². The number of hydrogen-bond acceptors (Lipinski definition) is 2. The second-order valence-electron chi connectivity index (χ2n) is 5.86. The Labute approximate surface area is 98.2 Å². The molecule has 2 saturated carbocycles. The summed E-state index contributed by atoms with van der Waals surface area (Å²) >= 11 is 0. The van der Waals surface area contributed by atoms with Crippen LogP contribution in [0.4, 0.5) is 0 Å². The first kappa shape index (κ1) is 10.8. The highest BCUT2D eigenvalue weighted by Crippen LogP contribution is 2.45. The SMILES string of the molecule is NC1CCC(=C2CCOC3(CCC3)C2)CC1. The molecule has 0 radical (unpaired) electrons. The molecule has 2 N–H and O–H groups in total. The Kier molecular flexibility index (Phi) is 2.80. The van der Waals surface area contributed by atoms with Gasteiger partial charge in [0.25, 0.3) is 0 Å². The Morgan fingerprint density at radius 3 is 2.44 bits per heavy atom. The fourth-order valence-electron chi connectivity index (χ4n) is 3.46. The number of allylic oxidation sites excluding steroid dienone is 1. The third-order valence-corrected chi connectivity index (χ3v) is 4.75. The van der Waals surface area contributed by atoms with Crippen molar-refractivity contribution >= 4 is 0 Å². The maximum atomic E-state index is 5.98. The first-order valence-electron chi connectivity index (χ1n) is 6.87. The largest absolute Gasteiger partial charge is 0.374 e. The first-order chi connectivity index (χ1) is 7.77. The molecule has 2 nitrogen and oxygen atoms in total. The molecule has 2 aliphatic carbocycles. The molecule has 3 fully saturated rings. The average molecular weight is 221 g/mol. The van der Waals surface area contributed by atoms with Gasteiger partial charge in [0.2, 0.25) is 0 Å². The van der Waals surface area contributed by atoms with Gasteiger partial charge in [-0.25, -0.2) is 0 Å². The fourth-order valence-corrected chi connectivity index (χ4v) is 3.46. The molecule has 3 rings (SSSR count). The minimum Gasteiger partial charge on any atom is -0.374 e. The Morgan fingerprint density at radius 2 is 1.81 bits per heavy atom. The van der Waals surface area contributed by atoms with Gasteiger partial charge in [-0.3, -0.25) is 0 Å². The second kappa shape index (κ2) is 4.15. The van der Waals surface area contributed by atoms with E-state index < -0.39 is 0 Å². The summed E-state index contributed by atoms with van der Waals surface area (Å²) in [5, 5.41) is 0. The predicted octanol–water partition coefficient (Wildman–Crippen LogP) is 2.92. The lowest BCUT2D eigenvalue weighted by Gasteiger charge is -2.46. The lowest BCUT2D eigenvalue weighted by molar-refractivity contribution is -0.113. The van der Waals surface area contributed by atoms with Crippen molar-refractivity contribution in [1.82, 2.24) is 0 Å². The van der Waals surface area contributed by atoms with E-state index in [2.05, 4.69) is 0 Å². The molecule has 1 spiro atoms. The van der Waals surface area contributed by atoms with Crippen molar-refractivity contribution in [3.63, 3.8) is 0 Å². The second-order valence-corrected chi connectivity index (χ2v) is 5.86. The van der Waals surface area contributed by atoms with Gasteiger partial charge < -0.3 is 10.5 Å². The number of nitrogens with two attached hydrogens (primary N) is 1. The van der Waals surface area contributed by atoms with E-state index in [4.69, 9.17) is 10.5 Å². The molecular formula is C14H23NO. The summed E-state index contributed by atoms with van der Waals surface area (Å²) in [6.07, 6.45) is 11.3. The van der Waals surface area contributed by atoms with Gasteiger partial charge in [0, 0.05) is 6.04 Å². The van der Waals surface area contributed by atoms with Crippen LogP contribution < -0.4 is 5.73 Å². The van der Waals surface area contributed by atoms with Crippen LogP contribution in [0.5, 0.6) is 0 Å². The number of hydrogen-bond donors (Lipinski definition) is 1. The first-order valence-corrected chi connectivity index (χ1v) is 6.87. The Balaban J connectivity index is 1.71. The molecule has 0 amide bonds. The lowest BCUT2D eigenvalue weighted by Crippen LogP contribution is -2.43. The molecule has 0 atom stereocenters. The molecule has 3 aliphatic rings.